The molecule has 3 aromatic heterocycles. The molecule has 0 aliphatic rings. The molecule has 2 N–H and O–H groups in total. The Morgan fingerprint density at radius 1 is 1.16 bits per heavy atom. The molecule has 0 unspecified atom stereocenters. The molecule has 0 radical (unpaired) electrons. The standard InChI is InChI=1S/C21H19ClFN5O2S/c1-13-3-4-19(18(22)5-13)27-16-7-20-21(26-10-16)14(8-24-2)12-28(20)31(29,30)17-6-15(23)9-25-11-17/h3-7,9-12,24,27H,8H2,1-2H3. The molecule has 31 heavy (non-hydrogen) atoms. The fraction of sp³-hybridized carbons (Fsp3) is 0.143. The summed E-state index contributed by atoms with van der Waals surface area (Å²) in [7, 11) is -2.34. The smallest absolute Gasteiger partial charge is 0.269 e. The fourth-order valence-corrected chi connectivity index (χ4v) is 4.88. The van der Waals surface area contributed by atoms with Crippen molar-refractivity contribution in [2.24, 2.45) is 0 Å². The van der Waals surface area contributed by atoms with Crippen LogP contribution in [-0.4, -0.2) is 29.4 Å². The van der Waals surface area contributed by atoms with Crippen molar-refractivity contribution >= 4 is 44.0 Å². The van der Waals surface area contributed by atoms with E-state index >= 15 is 0 Å². The highest BCUT2D eigenvalue weighted by Crippen LogP contribution is 2.30. The zero-order chi connectivity index (χ0) is 22.2. The Balaban J connectivity index is 1.85. The number of hydrogen-bond donors (Lipinski definition) is 2. The summed E-state index contributed by atoms with van der Waals surface area (Å²) in [6, 6.07) is 8.18. The number of pyridine rings is 2. The quantitative estimate of drug-likeness (QED) is 0.448. The van der Waals surface area contributed by atoms with Gasteiger partial charge in [-0.25, -0.2) is 16.8 Å². The van der Waals surface area contributed by atoms with Crippen LogP contribution < -0.4 is 10.6 Å². The van der Waals surface area contributed by atoms with Gasteiger partial charge in [0, 0.05) is 24.5 Å². The molecule has 0 aliphatic carbocycles. The van der Waals surface area contributed by atoms with Crippen molar-refractivity contribution in [3.05, 3.63) is 77.1 Å². The lowest BCUT2D eigenvalue weighted by Crippen LogP contribution is -2.13. The number of aryl methyl sites for hydroxylation is 1. The van der Waals surface area contributed by atoms with Gasteiger partial charge in [-0.3, -0.25) is 9.97 Å². The van der Waals surface area contributed by atoms with Gasteiger partial charge in [-0.1, -0.05) is 17.7 Å². The van der Waals surface area contributed by atoms with Gasteiger partial charge in [0.15, 0.2) is 0 Å². The first kappa shape index (κ1) is 21.2. The van der Waals surface area contributed by atoms with Crippen molar-refractivity contribution in [1.29, 1.82) is 0 Å². The van der Waals surface area contributed by atoms with Crippen LogP contribution in [0.2, 0.25) is 5.02 Å². The van der Waals surface area contributed by atoms with Crippen LogP contribution in [0.5, 0.6) is 0 Å². The Hall–Kier alpha value is -3.01. The van der Waals surface area contributed by atoms with Gasteiger partial charge in [-0.2, -0.15) is 0 Å². The summed E-state index contributed by atoms with van der Waals surface area (Å²) in [5.74, 6) is -0.734. The zero-order valence-corrected chi connectivity index (χ0v) is 18.3. The molecule has 0 fully saturated rings. The summed E-state index contributed by atoms with van der Waals surface area (Å²) < 4.78 is 41.2. The summed E-state index contributed by atoms with van der Waals surface area (Å²) in [5, 5.41) is 6.71. The minimum Gasteiger partial charge on any atom is -0.353 e. The van der Waals surface area contributed by atoms with E-state index < -0.39 is 15.8 Å². The molecule has 0 saturated heterocycles. The average Bonchev–Trinajstić information content (AvgIpc) is 3.09. The first-order chi connectivity index (χ1) is 14.8. The van der Waals surface area contributed by atoms with E-state index in [9.17, 15) is 12.8 Å². The number of anilines is 2. The van der Waals surface area contributed by atoms with Crippen LogP contribution >= 0.6 is 11.6 Å². The van der Waals surface area contributed by atoms with Gasteiger partial charge in [-0.05, 0) is 43.8 Å². The van der Waals surface area contributed by atoms with Crippen LogP contribution in [-0.2, 0) is 16.6 Å². The monoisotopic (exact) mass is 459 g/mol. The first-order valence-corrected chi connectivity index (χ1v) is 11.2. The minimum atomic E-state index is -4.10. The van der Waals surface area contributed by atoms with Gasteiger partial charge in [-0.15, -0.1) is 0 Å². The minimum absolute atomic E-state index is 0.250. The average molecular weight is 460 g/mol. The predicted octanol–water partition coefficient (Wildman–Crippen LogP) is 4.23. The molecular formula is C21H19ClFN5O2S. The third-order valence-electron chi connectivity index (χ3n) is 4.69. The number of nitrogens with one attached hydrogen (secondary N) is 2. The highest BCUT2D eigenvalue weighted by atomic mass is 35.5. The zero-order valence-electron chi connectivity index (χ0n) is 16.7. The van der Waals surface area contributed by atoms with E-state index in [4.69, 9.17) is 11.6 Å². The van der Waals surface area contributed by atoms with Gasteiger partial charge in [0.1, 0.15) is 10.7 Å². The summed E-state index contributed by atoms with van der Waals surface area (Å²) in [4.78, 5) is 7.89. The Morgan fingerprint density at radius 3 is 2.68 bits per heavy atom. The van der Waals surface area contributed by atoms with Gasteiger partial charge in [0.05, 0.1) is 39.8 Å². The van der Waals surface area contributed by atoms with Crippen molar-refractivity contribution in [2.45, 2.75) is 18.4 Å². The molecular weight excluding hydrogens is 441 g/mol. The fourth-order valence-electron chi connectivity index (χ4n) is 3.25. The van der Waals surface area contributed by atoms with Gasteiger partial charge >= 0.3 is 0 Å². The molecule has 0 amide bonds. The molecule has 0 saturated carbocycles. The maximum absolute atomic E-state index is 13.6. The van der Waals surface area contributed by atoms with Crippen molar-refractivity contribution in [1.82, 2.24) is 19.3 Å². The van der Waals surface area contributed by atoms with E-state index in [1.165, 1.54) is 6.20 Å². The molecule has 160 valence electrons. The predicted molar refractivity (Wildman–Crippen MR) is 119 cm³/mol. The lowest BCUT2D eigenvalue weighted by Gasteiger charge is -2.11. The van der Waals surface area contributed by atoms with Gasteiger partial charge < -0.3 is 10.6 Å². The van der Waals surface area contributed by atoms with E-state index in [1.807, 2.05) is 25.1 Å². The van der Waals surface area contributed by atoms with E-state index in [0.29, 0.717) is 39.5 Å². The highest BCUT2D eigenvalue weighted by Gasteiger charge is 2.23. The molecule has 7 nitrogen and oxygen atoms in total. The number of benzene rings is 1. The van der Waals surface area contributed by atoms with E-state index in [0.717, 1.165) is 28.0 Å². The van der Waals surface area contributed by atoms with Crippen LogP contribution in [0.4, 0.5) is 15.8 Å². The Bertz CT molecular complexity index is 1390. The van der Waals surface area contributed by atoms with Crippen LogP contribution in [0.3, 0.4) is 0 Å². The molecule has 0 spiro atoms. The number of aromatic nitrogens is 3. The van der Waals surface area contributed by atoms with Crippen LogP contribution in [0.15, 0.2) is 60.0 Å². The van der Waals surface area contributed by atoms with Crippen molar-refractivity contribution in [3.63, 3.8) is 0 Å². The van der Waals surface area contributed by atoms with Crippen molar-refractivity contribution in [2.75, 3.05) is 12.4 Å². The summed E-state index contributed by atoms with van der Waals surface area (Å²) in [5.41, 5.74) is 3.79. The number of hydrogen-bond acceptors (Lipinski definition) is 6. The molecule has 4 rings (SSSR count). The molecule has 1 aromatic carbocycles. The second kappa shape index (κ2) is 8.26. The number of fused-ring (bicyclic) bond motifs is 1. The molecule has 4 aromatic rings. The van der Waals surface area contributed by atoms with Gasteiger partial charge in [0.25, 0.3) is 10.0 Å². The molecule has 0 bridgehead atoms. The molecule has 10 heteroatoms. The van der Waals surface area contributed by atoms with Crippen LogP contribution in [0.1, 0.15) is 11.1 Å². The Morgan fingerprint density at radius 2 is 1.97 bits per heavy atom. The van der Waals surface area contributed by atoms with Crippen molar-refractivity contribution < 1.29 is 12.8 Å². The normalized spacial score (nSPS) is 11.7. The van der Waals surface area contributed by atoms with Crippen molar-refractivity contribution in [3.8, 4) is 0 Å². The highest BCUT2D eigenvalue weighted by molar-refractivity contribution is 7.90. The third-order valence-corrected chi connectivity index (χ3v) is 6.64. The number of halogens is 2. The second-order valence-electron chi connectivity index (χ2n) is 7.02. The molecule has 0 aliphatic heterocycles. The SMILES string of the molecule is CNCc1cn(S(=O)(=O)c2cncc(F)c2)c2cc(Nc3ccc(C)cc3Cl)cnc12. The maximum atomic E-state index is 13.6. The lowest BCUT2D eigenvalue weighted by atomic mass is 10.2. The van der Waals surface area contributed by atoms with Crippen LogP contribution in [0, 0.1) is 12.7 Å². The van der Waals surface area contributed by atoms with E-state index in [1.54, 1.807) is 19.3 Å². The lowest BCUT2D eigenvalue weighted by molar-refractivity contribution is 0.582. The topological polar surface area (TPSA) is 88.9 Å². The first-order valence-electron chi connectivity index (χ1n) is 9.33. The second-order valence-corrected chi connectivity index (χ2v) is 9.25. The molecule has 0 atom stereocenters. The Kier molecular flexibility index (Phi) is 5.65. The largest absolute Gasteiger partial charge is 0.353 e. The summed E-state index contributed by atoms with van der Waals surface area (Å²) in [6.45, 7) is 2.34. The number of rotatable bonds is 6. The Labute approximate surface area is 184 Å². The van der Waals surface area contributed by atoms with E-state index in [2.05, 4.69) is 20.6 Å². The van der Waals surface area contributed by atoms with E-state index in [-0.39, 0.29) is 4.90 Å². The summed E-state index contributed by atoms with van der Waals surface area (Å²) in [6.07, 6.45) is 5.16. The summed E-state index contributed by atoms with van der Waals surface area (Å²) >= 11 is 6.31. The number of nitrogens with zero attached hydrogens (tertiary/aromatic N) is 3. The van der Waals surface area contributed by atoms with Crippen LogP contribution in [0.25, 0.3) is 11.0 Å². The van der Waals surface area contributed by atoms with Gasteiger partial charge in [0.2, 0.25) is 0 Å². The molecule has 3 heterocycles. The maximum Gasteiger partial charge on any atom is 0.269 e. The third kappa shape index (κ3) is 4.12.